The van der Waals surface area contributed by atoms with E-state index in [9.17, 15) is 9.18 Å². The van der Waals surface area contributed by atoms with Gasteiger partial charge in [-0.05, 0) is 61.6 Å². The van der Waals surface area contributed by atoms with Crippen molar-refractivity contribution in [3.8, 4) is 0 Å². The van der Waals surface area contributed by atoms with Crippen LogP contribution in [0.4, 0.5) is 9.18 Å². The molecule has 1 amide bonds. The minimum atomic E-state index is -0.474. The second kappa shape index (κ2) is 7.12. The van der Waals surface area contributed by atoms with Crippen LogP contribution < -0.4 is 0 Å². The van der Waals surface area contributed by atoms with E-state index in [1.807, 2.05) is 26.8 Å². The van der Waals surface area contributed by atoms with E-state index in [-0.39, 0.29) is 11.9 Å². The Kier molecular flexibility index (Phi) is 5.65. The Hall–Kier alpha value is -0.890. The summed E-state index contributed by atoms with van der Waals surface area (Å²) in [7, 11) is 0. The fourth-order valence-electron chi connectivity index (χ4n) is 2.32. The van der Waals surface area contributed by atoms with Crippen LogP contribution in [0.15, 0.2) is 18.2 Å². The van der Waals surface area contributed by atoms with Crippen molar-refractivity contribution in [3.05, 3.63) is 33.1 Å². The molecule has 122 valence electrons. The van der Waals surface area contributed by atoms with Crippen molar-refractivity contribution in [2.75, 3.05) is 26.2 Å². The van der Waals surface area contributed by atoms with E-state index < -0.39 is 5.60 Å². The number of ether oxygens (including phenoxy) is 1. The van der Waals surface area contributed by atoms with Crippen molar-refractivity contribution in [1.82, 2.24) is 9.80 Å². The number of amides is 1. The molecule has 1 aromatic rings. The van der Waals surface area contributed by atoms with Gasteiger partial charge in [-0.1, -0.05) is 0 Å². The average Bonchev–Trinajstić information content (AvgIpc) is 2.42. The fraction of sp³-hybridized carbons (Fsp3) is 0.562. The molecule has 1 aromatic carbocycles. The third-order valence-corrected chi connectivity index (χ3v) is 4.10. The molecule has 0 N–H and O–H groups in total. The summed E-state index contributed by atoms with van der Waals surface area (Å²) < 4.78 is 20.2. The molecule has 0 aliphatic carbocycles. The van der Waals surface area contributed by atoms with Crippen molar-refractivity contribution in [2.45, 2.75) is 32.9 Å². The smallest absolute Gasteiger partial charge is 0.410 e. The highest BCUT2D eigenvalue weighted by molar-refractivity contribution is 14.1. The first kappa shape index (κ1) is 17.5. The highest BCUT2D eigenvalue weighted by atomic mass is 127. The Bertz CT molecular complexity index is 537. The molecular formula is C16H22FIN2O2. The van der Waals surface area contributed by atoms with Gasteiger partial charge in [0.15, 0.2) is 0 Å². The molecule has 0 saturated carbocycles. The molecule has 2 rings (SSSR count). The second-order valence-corrected chi connectivity index (χ2v) is 7.72. The Morgan fingerprint density at radius 1 is 1.27 bits per heavy atom. The lowest BCUT2D eigenvalue weighted by Gasteiger charge is -2.35. The van der Waals surface area contributed by atoms with Crippen molar-refractivity contribution >= 4 is 28.7 Å². The van der Waals surface area contributed by atoms with Gasteiger partial charge in [0.2, 0.25) is 0 Å². The predicted molar refractivity (Wildman–Crippen MR) is 92.2 cm³/mol. The zero-order chi connectivity index (χ0) is 16.3. The SMILES string of the molecule is CC(C)(C)OC(=O)N1CCN(Cc2cc(I)ccc2F)CC1. The van der Waals surface area contributed by atoms with Gasteiger partial charge in [-0.25, -0.2) is 9.18 Å². The molecule has 0 unspecified atom stereocenters. The quantitative estimate of drug-likeness (QED) is 0.687. The molecular weight excluding hydrogens is 398 g/mol. The van der Waals surface area contributed by atoms with Gasteiger partial charge in [-0.2, -0.15) is 0 Å². The second-order valence-electron chi connectivity index (χ2n) is 6.48. The predicted octanol–water partition coefficient (Wildman–Crippen LogP) is 3.48. The summed E-state index contributed by atoms with van der Waals surface area (Å²) >= 11 is 2.19. The van der Waals surface area contributed by atoms with Gasteiger partial charge < -0.3 is 9.64 Å². The Balaban J connectivity index is 1.87. The molecule has 1 saturated heterocycles. The number of rotatable bonds is 2. The molecule has 0 bridgehead atoms. The summed E-state index contributed by atoms with van der Waals surface area (Å²) in [4.78, 5) is 15.9. The number of benzene rings is 1. The number of carbonyl (C=O) groups is 1. The topological polar surface area (TPSA) is 32.8 Å². The number of hydrogen-bond donors (Lipinski definition) is 0. The van der Waals surface area contributed by atoms with Gasteiger partial charge in [0, 0.05) is 41.9 Å². The van der Waals surface area contributed by atoms with Crippen molar-refractivity contribution in [3.63, 3.8) is 0 Å². The lowest BCUT2D eigenvalue weighted by atomic mass is 10.2. The van der Waals surface area contributed by atoms with E-state index in [2.05, 4.69) is 27.5 Å². The minimum absolute atomic E-state index is 0.171. The van der Waals surface area contributed by atoms with E-state index in [4.69, 9.17) is 4.74 Å². The van der Waals surface area contributed by atoms with E-state index in [1.165, 1.54) is 6.07 Å². The lowest BCUT2D eigenvalue weighted by Crippen LogP contribution is -2.49. The van der Waals surface area contributed by atoms with Crippen LogP contribution in [0.3, 0.4) is 0 Å². The zero-order valence-corrected chi connectivity index (χ0v) is 15.4. The first-order chi connectivity index (χ1) is 10.2. The Morgan fingerprint density at radius 2 is 1.91 bits per heavy atom. The largest absolute Gasteiger partial charge is 0.444 e. The van der Waals surface area contributed by atoms with Crippen LogP contribution >= 0.6 is 22.6 Å². The molecule has 0 radical (unpaired) electrons. The molecule has 1 fully saturated rings. The molecule has 6 heteroatoms. The average molecular weight is 420 g/mol. The number of hydrogen-bond acceptors (Lipinski definition) is 3. The van der Waals surface area contributed by atoms with E-state index in [0.29, 0.717) is 25.2 Å². The van der Waals surface area contributed by atoms with Gasteiger partial charge in [-0.3, -0.25) is 4.90 Å². The molecule has 0 spiro atoms. The standard InChI is InChI=1S/C16H22FIN2O2/c1-16(2,3)22-15(21)20-8-6-19(7-9-20)11-12-10-13(18)4-5-14(12)17/h4-5,10H,6-9,11H2,1-3H3. The Labute approximate surface area is 144 Å². The van der Waals surface area contributed by atoms with Gasteiger partial charge in [0.25, 0.3) is 0 Å². The summed E-state index contributed by atoms with van der Waals surface area (Å²) in [5.74, 6) is -0.171. The van der Waals surface area contributed by atoms with E-state index >= 15 is 0 Å². The summed E-state index contributed by atoms with van der Waals surface area (Å²) in [6.07, 6.45) is -0.271. The first-order valence-electron chi connectivity index (χ1n) is 7.39. The number of piperazine rings is 1. The maximum atomic E-state index is 13.8. The maximum Gasteiger partial charge on any atom is 0.410 e. The fourth-order valence-corrected chi connectivity index (χ4v) is 2.88. The molecule has 0 atom stereocenters. The van der Waals surface area contributed by atoms with E-state index in [0.717, 1.165) is 16.7 Å². The van der Waals surface area contributed by atoms with Crippen LogP contribution in [0.25, 0.3) is 0 Å². The summed E-state index contributed by atoms with van der Waals surface area (Å²) in [6, 6.07) is 5.14. The summed E-state index contributed by atoms with van der Waals surface area (Å²) in [6.45, 7) is 8.84. The normalized spacial score (nSPS) is 16.7. The van der Waals surface area contributed by atoms with Gasteiger partial charge in [0.05, 0.1) is 0 Å². The highest BCUT2D eigenvalue weighted by Gasteiger charge is 2.26. The van der Waals surface area contributed by atoms with Crippen LogP contribution in [-0.4, -0.2) is 47.7 Å². The van der Waals surface area contributed by atoms with E-state index in [1.54, 1.807) is 11.0 Å². The number of carbonyl (C=O) groups excluding carboxylic acids is 1. The van der Waals surface area contributed by atoms with Gasteiger partial charge >= 0.3 is 6.09 Å². The first-order valence-corrected chi connectivity index (χ1v) is 8.47. The summed E-state index contributed by atoms with van der Waals surface area (Å²) in [5, 5.41) is 0. The van der Waals surface area contributed by atoms with Crippen molar-refractivity contribution in [2.24, 2.45) is 0 Å². The molecule has 1 heterocycles. The third kappa shape index (κ3) is 5.08. The van der Waals surface area contributed by atoms with Crippen LogP contribution in [0, 0.1) is 9.39 Å². The number of nitrogens with zero attached hydrogens (tertiary/aromatic N) is 2. The van der Waals surface area contributed by atoms with Crippen LogP contribution in [-0.2, 0) is 11.3 Å². The molecule has 0 aromatic heterocycles. The Morgan fingerprint density at radius 3 is 2.50 bits per heavy atom. The number of halogens is 2. The van der Waals surface area contributed by atoms with Gasteiger partial charge in [-0.15, -0.1) is 0 Å². The van der Waals surface area contributed by atoms with Gasteiger partial charge in [0.1, 0.15) is 11.4 Å². The van der Waals surface area contributed by atoms with Crippen LogP contribution in [0.2, 0.25) is 0 Å². The minimum Gasteiger partial charge on any atom is -0.444 e. The summed E-state index contributed by atoms with van der Waals surface area (Å²) in [5.41, 5.74) is 0.232. The van der Waals surface area contributed by atoms with Crippen molar-refractivity contribution < 1.29 is 13.9 Å². The maximum absolute atomic E-state index is 13.8. The molecule has 22 heavy (non-hydrogen) atoms. The molecule has 1 aliphatic heterocycles. The third-order valence-electron chi connectivity index (χ3n) is 3.43. The lowest BCUT2D eigenvalue weighted by molar-refractivity contribution is 0.0138. The van der Waals surface area contributed by atoms with Crippen LogP contribution in [0.1, 0.15) is 26.3 Å². The molecule has 4 nitrogen and oxygen atoms in total. The molecule has 1 aliphatic rings. The van der Waals surface area contributed by atoms with Crippen molar-refractivity contribution in [1.29, 1.82) is 0 Å². The van der Waals surface area contributed by atoms with Crippen LogP contribution in [0.5, 0.6) is 0 Å². The highest BCUT2D eigenvalue weighted by Crippen LogP contribution is 2.17. The zero-order valence-electron chi connectivity index (χ0n) is 13.2. The monoisotopic (exact) mass is 420 g/mol.